The molecule has 21 heavy (non-hydrogen) atoms. The average molecular weight is 332 g/mol. The molecule has 1 aromatic heterocycles. The van der Waals surface area contributed by atoms with Crippen LogP contribution in [-0.2, 0) is 0 Å². The van der Waals surface area contributed by atoms with Gasteiger partial charge in [0.15, 0.2) is 0 Å². The van der Waals surface area contributed by atoms with Crippen LogP contribution in [0.4, 0.5) is 0 Å². The van der Waals surface area contributed by atoms with Gasteiger partial charge in [-0.05, 0) is 26.1 Å². The Balaban J connectivity index is 2.71. The van der Waals surface area contributed by atoms with E-state index in [-0.39, 0.29) is 16.1 Å². The number of nitrogens with one attached hydrogen (secondary N) is 1. The first-order valence-electron chi connectivity index (χ1n) is 7.16. The lowest BCUT2D eigenvalue weighted by Gasteiger charge is -2.31. The summed E-state index contributed by atoms with van der Waals surface area (Å²) in [6.07, 6.45) is 3.61. The van der Waals surface area contributed by atoms with E-state index in [9.17, 15) is 4.79 Å². The van der Waals surface area contributed by atoms with Crippen molar-refractivity contribution >= 4 is 29.1 Å². The predicted octanol–water partition coefficient (Wildman–Crippen LogP) is 3.48. The molecule has 0 spiro atoms. The van der Waals surface area contributed by atoms with Crippen molar-refractivity contribution in [3.63, 3.8) is 0 Å². The number of nitrogens with zero attached hydrogens (tertiary/aromatic N) is 2. The summed E-state index contributed by atoms with van der Waals surface area (Å²) in [6.45, 7) is 4.95. The summed E-state index contributed by atoms with van der Waals surface area (Å²) in [5.74, 6) is 0.367. The molecular weight excluding hydrogens is 309 g/mol. The van der Waals surface area contributed by atoms with E-state index in [1.807, 2.05) is 14.1 Å². The number of halogens is 2. The molecule has 1 N–H and O–H groups in total. The van der Waals surface area contributed by atoms with Crippen LogP contribution in [-0.4, -0.2) is 42.5 Å². The number of carbonyl (C=O) groups excluding carboxylic acids is 1. The van der Waals surface area contributed by atoms with Gasteiger partial charge in [-0.15, -0.1) is 0 Å². The van der Waals surface area contributed by atoms with Crippen LogP contribution in [0, 0.1) is 5.92 Å². The third kappa shape index (κ3) is 5.13. The number of amides is 1. The van der Waals surface area contributed by atoms with Crippen LogP contribution in [0.25, 0.3) is 0 Å². The van der Waals surface area contributed by atoms with Crippen molar-refractivity contribution in [1.29, 1.82) is 0 Å². The average Bonchev–Trinajstić information content (AvgIpc) is 2.45. The van der Waals surface area contributed by atoms with Gasteiger partial charge >= 0.3 is 0 Å². The fraction of sp³-hybridized carbons (Fsp3) is 0.600. The number of hydrogen-bond acceptors (Lipinski definition) is 3. The van der Waals surface area contributed by atoms with Crippen molar-refractivity contribution in [3.8, 4) is 0 Å². The first-order valence-corrected chi connectivity index (χ1v) is 7.91. The number of likely N-dealkylation sites (N-methyl/N-ethyl adjacent to an activating group) is 1. The van der Waals surface area contributed by atoms with Crippen molar-refractivity contribution in [3.05, 3.63) is 28.0 Å². The second-order valence-corrected chi connectivity index (χ2v) is 6.08. The Morgan fingerprint density at radius 1 is 1.33 bits per heavy atom. The van der Waals surface area contributed by atoms with E-state index in [0.717, 1.165) is 12.8 Å². The van der Waals surface area contributed by atoms with Gasteiger partial charge in [-0.2, -0.15) is 0 Å². The Bertz CT molecular complexity index is 476. The molecule has 118 valence electrons. The van der Waals surface area contributed by atoms with Crippen LogP contribution >= 0.6 is 23.2 Å². The molecule has 0 aliphatic heterocycles. The maximum atomic E-state index is 12.2. The fourth-order valence-electron chi connectivity index (χ4n) is 2.45. The smallest absolute Gasteiger partial charge is 0.252 e. The largest absolute Gasteiger partial charge is 0.350 e. The number of hydrogen-bond donors (Lipinski definition) is 1. The van der Waals surface area contributed by atoms with Gasteiger partial charge in [0.1, 0.15) is 5.15 Å². The maximum Gasteiger partial charge on any atom is 0.252 e. The molecule has 6 heteroatoms. The van der Waals surface area contributed by atoms with Gasteiger partial charge in [0.05, 0.1) is 10.6 Å². The molecule has 1 atom stereocenters. The zero-order valence-corrected chi connectivity index (χ0v) is 14.5. The predicted molar refractivity (Wildman–Crippen MR) is 88.1 cm³/mol. The third-order valence-corrected chi connectivity index (χ3v) is 4.47. The van der Waals surface area contributed by atoms with E-state index in [2.05, 4.69) is 29.0 Å². The van der Waals surface area contributed by atoms with E-state index in [1.165, 1.54) is 12.3 Å². The van der Waals surface area contributed by atoms with E-state index >= 15 is 0 Å². The summed E-state index contributed by atoms with van der Waals surface area (Å²) in [4.78, 5) is 18.2. The molecular formula is C15H23Cl2N3O. The number of aromatic nitrogens is 1. The molecule has 1 unspecified atom stereocenters. The number of pyridine rings is 1. The summed E-state index contributed by atoms with van der Waals surface area (Å²) < 4.78 is 0. The first kappa shape index (κ1) is 18.2. The van der Waals surface area contributed by atoms with Crippen LogP contribution in [0.15, 0.2) is 12.3 Å². The maximum absolute atomic E-state index is 12.2. The van der Waals surface area contributed by atoms with Gasteiger partial charge in [-0.25, -0.2) is 4.98 Å². The first-order chi connectivity index (χ1) is 9.90. The van der Waals surface area contributed by atoms with Crippen LogP contribution in [0.3, 0.4) is 0 Å². The van der Waals surface area contributed by atoms with Crippen LogP contribution in [0.1, 0.15) is 37.0 Å². The Hall–Kier alpha value is -0.840. The number of carbonyl (C=O) groups is 1. The Morgan fingerprint density at radius 3 is 2.43 bits per heavy atom. The van der Waals surface area contributed by atoms with Gasteiger partial charge in [0.25, 0.3) is 5.91 Å². The lowest BCUT2D eigenvalue weighted by atomic mass is 9.93. The molecule has 0 aliphatic rings. The zero-order valence-electron chi connectivity index (χ0n) is 13.0. The van der Waals surface area contributed by atoms with Crippen LogP contribution < -0.4 is 5.32 Å². The van der Waals surface area contributed by atoms with Gasteiger partial charge in [-0.1, -0.05) is 49.9 Å². The molecule has 0 aliphatic carbocycles. The molecule has 0 saturated carbocycles. The minimum atomic E-state index is -0.182. The summed E-state index contributed by atoms with van der Waals surface area (Å²) in [5, 5.41) is 3.44. The molecule has 0 aromatic carbocycles. The molecule has 1 aromatic rings. The molecule has 0 saturated heterocycles. The van der Waals surface area contributed by atoms with Gasteiger partial charge in [-0.3, -0.25) is 4.79 Å². The van der Waals surface area contributed by atoms with Crippen molar-refractivity contribution in [2.24, 2.45) is 5.92 Å². The Kier molecular flexibility index (Phi) is 7.43. The summed E-state index contributed by atoms with van der Waals surface area (Å²) in [6, 6.07) is 1.84. The molecule has 4 nitrogen and oxygen atoms in total. The van der Waals surface area contributed by atoms with Crippen molar-refractivity contribution in [2.45, 2.75) is 32.7 Å². The minimum Gasteiger partial charge on any atom is -0.350 e. The van der Waals surface area contributed by atoms with Gasteiger partial charge in [0.2, 0.25) is 0 Å². The van der Waals surface area contributed by atoms with Crippen molar-refractivity contribution < 1.29 is 4.79 Å². The lowest BCUT2D eigenvalue weighted by molar-refractivity contribution is 0.0928. The monoisotopic (exact) mass is 331 g/mol. The molecule has 0 radical (unpaired) electrons. The SMILES string of the molecule is CCC(CC)C(CNC(=O)c1cnc(Cl)c(Cl)c1)N(C)C. The molecule has 0 fully saturated rings. The van der Waals surface area contributed by atoms with Crippen molar-refractivity contribution in [2.75, 3.05) is 20.6 Å². The quantitative estimate of drug-likeness (QED) is 0.778. The highest BCUT2D eigenvalue weighted by molar-refractivity contribution is 6.41. The van der Waals surface area contributed by atoms with E-state index in [1.54, 1.807) is 0 Å². The van der Waals surface area contributed by atoms with Crippen LogP contribution in [0.5, 0.6) is 0 Å². The molecule has 1 rings (SSSR count). The summed E-state index contributed by atoms with van der Waals surface area (Å²) >= 11 is 11.6. The molecule has 0 bridgehead atoms. The highest BCUT2D eigenvalue weighted by Crippen LogP contribution is 2.20. The second-order valence-electron chi connectivity index (χ2n) is 5.31. The zero-order chi connectivity index (χ0) is 16.0. The minimum absolute atomic E-state index is 0.182. The van der Waals surface area contributed by atoms with E-state index in [0.29, 0.717) is 24.1 Å². The van der Waals surface area contributed by atoms with Crippen molar-refractivity contribution in [1.82, 2.24) is 15.2 Å². The standard InChI is InChI=1S/C15H23Cl2N3O/c1-5-10(6-2)13(20(3)4)9-19-15(21)11-7-12(16)14(17)18-8-11/h7-8,10,13H,5-6,9H2,1-4H3,(H,19,21). The van der Waals surface area contributed by atoms with Crippen LogP contribution in [0.2, 0.25) is 10.2 Å². The Labute approximate surface area is 136 Å². The fourth-order valence-corrected chi connectivity index (χ4v) is 2.72. The second kappa shape index (κ2) is 8.57. The third-order valence-electron chi connectivity index (χ3n) is 3.79. The highest BCUT2D eigenvalue weighted by Gasteiger charge is 2.21. The normalized spacial score (nSPS) is 12.8. The molecule has 1 heterocycles. The molecule has 1 amide bonds. The topological polar surface area (TPSA) is 45.2 Å². The highest BCUT2D eigenvalue weighted by atomic mass is 35.5. The number of rotatable bonds is 7. The van der Waals surface area contributed by atoms with Gasteiger partial charge in [0, 0.05) is 18.8 Å². The van der Waals surface area contributed by atoms with Gasteiger partial charge < -0.3 is 10.2 Å². The summed E-state index contributed by atoms with van der Waals surface area (Å²) in [5.41, 5.74) is 0.423. The lowest BCUT2D eigenvalue weighted by Crippen LogP contribution is -2.44. The Morgan fingerprint density at radius 2 is 1.95 bits per heavy atom. The van der Waals surface area contributed by atoms with E-state index < -0.39 is 0 Å². The summed E-state index contributed by atoms with van der Waals surface area (Å²) in [7, 11) is 4.08. The van der Waals surface area contributed by atoms with E-state index in [4.69, 9.17) is 23.2 Å².